The molecule has 8 nitrogen and oxygen atoms in total. The lowest BCUT2D eigenvalue weighted by atomic mass is 9.92. The largest absolute Gasteiger partial charge is 0.354 e. The lowest BCUT2D eigenvalue weighted by Crippen LogP contribution is -2.52. The standard InChI is InChI=1S/C31H31FN6O2/c1-20-12-15-37(28(39)11-14-33)18-27(20)36(3)29-25-13-16-38(30(25)35-19-34-29)31(40)21(2)23-9-10-24(26(32)17-23)22-7-5-4-6-8-22/h4-10,13,16-17,19-21,27H,11-12,15,18H2,1-3H3/t20-,21?,27+/m1/s1. The topological polar surface area (TPSA) is 95.1 Å². The average molecular weight is 539 g/mol. The summed E-state index contributed by atoms with van der Waals surface area (Å²) in [6.45, 7) is 5.02. The highest BCUT2D eigenvalue weighted by atomic mass is 19.1. The number of piperidine rings is 1. The molecule has 3 heterocycles. The molecule has 0 radical (unpaired) electrons. The summed E-state index contributed by atoms with van der Waals surface area (Å²) in [5.41, 5.74) is 2.31. The number of halogens is 1. The first-order chi connectivity index (χ1) is 19.3. The lowest BCUT2D eigenvalue weighted by Gasteiger charge is -2.42. The van der Waals surface area contributed by atoms with E-state index < -0.39 is 5.92 Å². The van der Waals surface area contributed by atoms with Gasteiger partial charge in [-0.15, -0.1) is 0 Å². The Morgan fingerprint density at radius 1 is 1.18 bits per heavy atom. The first-order valence-corrected chi connectivity index (χ1v) is 13.4. The Kier molecular flexibility index (Phi) is 7.60. The minimum atomic E-state index is -0.607. The average Bonchev–Trinajstić information content (AvgIpc) is 3.41. The number of anilines is 1. The molecule has 0 bridgehead atoms. The maximum atomic E-state index is 15.0. The molecule has 1 fully saturated rings. The summed E-state index contributed by atoms with van der Waals surface area (Å²) in [6.07, 6.45) is 3.79. The smallest absolute Gasteiger partial charge is 0.239 e. The summed E-state index contributed by atoms with van der Waals surface area (Å²) in [5.74, 6) is -0.430. The molecule has 1 amide bonds. The van der Waals surface area contributed by atoms with Gasteiger partial charge in [0.15, 0.2) is 5.65 Å². The van der Waals surface area contributed by atoms with E-state index in [4.69, 9.17) is 5.26 Å². The number of rotatable bonds is 6. The summed E-state index contributed by atoms with van der Waals surface area (Å²) in [7, 11) is 1.93. The quantitative estimate of drug-likeness (QED) is 0.332. The van der Waals surface area contributed by atoms with Crippen LogP contribution in [0.5, 0.6) is 0 Å². The van der Waals surface area contributed by atoms with Gasteiger partial charge in [0.25, 0.3) is 0 Å². The molecule has 2 aromatic carbocycles. The summed E-state index contributed by atoms with van der Waals surface area (Å²) in [5, 5.41) is 9.66. The van der Waals surface area contributed by atoms with Crippen LogP contribution in [0.2, 0.25) is 0 Å². The van der Waals surface area contributed by atoms with E-state index in [0.29, 0.717) is 47.0 Å². The summed E-state index contributed by atoms with van der Waals surface area (Å²) >= 11 is 0. The van der Waals surface area contributed by atoms with Crippen LogP contribution in [-0.4, -0.2) is 57.4 Å². The number of likely N-dealkylation sites (tertiary alicyclic amines) is 1. The minimum Gasteiger partial charge on any atom is -0.354 e. The molecule has 1 aliphatic rings. The summed E-state index contributed by atoms with van der Waals surface area (Å²) in [6, 6.07) is 18.0. The molecule has 0 N–H and O–H groups in total. The molecule has 204 valence electrons. The Labute approximate surface area is 232 Å². The maximum Gasteiger partial charge on any atom is 0.239 e. The fraction of sp³-hybridized carbons (Fsp3) is 0.323. The Balaban J connectivity index is 1.40. The fourth-order valence-corrected chi connectivity index (χ4v) is 5.52. The van der Waals surface area contributed by atoms with Crippen LogP contribution in [0.15, 0.2) is 67.1 Å². The highest BCUT2D eigenvalue weighted by molar-refractivity contribution is 5.97. The number of aromatic nitrogens is 3. The molecule has 9 heteroatoms. The van der Waals surface area contributed by atoms with Crippen molar-refractivity contribution in [3.8, 4) is 17.2 Å². The van der Waals surface area contributed by atoms with Crippen LogP contribution in [0.1, 0.15) is 43.0 Å². The number of nitriles is 1. The van der Waals surface area contributed by atoms with Crippen LogP contribution in [0.3, 0.4) is 0 Å². The number of carbonyl (C=O) groups is 2. The molecule has 2 aromatic heterocycles. The van der Waals surface area contributed by atoms with E-state index in [-0.39, 0.29) is 30.1 Å². The fourth-order valence-electron chi connectivity index (χ4n) is 5.52. The van der Waals surface area contributed by atoms with Crippen molar-refractivity contribution in [3.63, 3.8) is 0 Å². The van der Waals surface area contributed by atoms with Gasteiger partial charge >= 0.3 is 0 Å². The minimum absolute atomic E-state index is 0.0152. The van der Waals surface area contributed by atoms with Crippen LogP contribution in [0, 0.1) is 23.1 Å². The van der Waals surface area contributed by atoms with Gasteiger partial charge in [0.1, 0.15) is 24.4 Å². The van der Waals surface area contributed by atoms with Crippen LogP contribution in [0.4, 0.5) is 10.2 Å². The van der Waals surface area contributed by atoms with Gasteiger partial charge in [-0.25, -0.2) is 14.4 Å². The molecule has 0 spiro atoms. The van der Waals surface area contributed by atoms with Gasteiger partial charge in [0, 0.05) is 31.9 Å². The number of nitrogens with zero attached hydrogens (tertiary/aromatic N) is 6. The molecule has 1 saturated heterocycles. The zero-order chi connectivity index (χ0) is 28.4. The predicted molar refractivity (Wildman–Crippen MR) is 151 cm³/mol. The van der Waals surface area contributed by atoms with Crippen LogP contribution in [-0.2, 0) is 4.79 Å². The second-order valence-electron chi connectivity index (χ2n) is 10.4. The van der Waals surface area contributed by atoms with E-state index in [0.717, 1.165) is 12.0 Å². The van der Waals surface area contributed by atoms with Crippen LogP contribution in [0.25, 0.3) is 22.2 Å². The Bertz CT molecular complexity index is 1590. The van der Waals surface area contributed by atoms with Gasteiger partial charge in [-0.3, -0.25) is 14.2 Å². The predicted octanol–water partition coefficient (Wildman–Crippen LogP) is 5.27. The first kappa shape index (κ1) is 27.0. The van der Waals surface area contributed by atoms with Crippen LogP contribution >= 0.6 is 0 Å². The highest BCUT2D eigenvalue weighted by Gasteiger charge is 2.33. The van der Waals surface area contributed by atoms with Crippen molar-refractivity contribution in [2.75, 3.05) is 25.0 Å². The molecule has 4 aromatic rings. The molecule has 0 aliphatic carbocycles. The van der Waals surface area contributed by atoms with E-state index in [1.165, 1.54) is 17.0 Å². The highest BCUT2D eigenvalue weighted by Crippen LogP contribution is 2.31. The van der Waals surface area contributed by atoms with E-state index in [1.807, 2.05) is 54.4 Å². The number of likely N-dealkylation sites (N-methyl/N-ethyl adjacent to an activating group) is 1. The maximum absolute atomic E-state index is 15.0. The SMILES string of the molecule is CC(C(=O)n1ccc2c(N(C)[C@H]3CN(C(=O)CC#N)CC[C@H]3C)ncnc21)c1ccc(-c2ccccc2)c(F)c1. The third kappa shape index (κ3) is 5.05. The van der Waals surface area contributed by atoms with Crippen molar-refractivity contribution in [2.45, 2.75) is 38.6 Å². The Morgan fingerprint density at radius 2 is 1.95 bits per heavy atom. The van der Waals surface area contributed by atoms with E-state index >= 15 is 4.39 Å². The van der Waals surface area contributed by atoms with Gasteiger partial charge in [-0.05, 0) is 42.5 Å². The first-order valence-electron chi connectivity index (χ1n) is 13.4. The van der Waals surface area contributed by atoms with Gasteiger partial charge in [0.05, 0.1) is 23.4 Å². The van der Waals surface area contributed by atoms with E-state index in [9.17, 15) is 9.59 Å². The van der Waals surface area contributed by atoms with Crippen molar-refractivity contribution in [3.05, 3.63) is 78.5 Å². The van der Waals surface area contributed by atoms with Crippen molar-refractivity contribution >= 4 is 28.7 Å². The van der Waals surface area contributed by atoms with Gasteiger partial charge in [0.2, 0.25) is 11.8 Å². The van der Waals surface area contributed by atoms with Gasteiger partial charge in [-0.2, -0.15) is 5.26 Å². The Hall–Kier alpha value is -4.58. The van der Waals surface area contributed by atoms with Crippen molar-refractivity contribution in [1.82, 2.24) is 19.4 Å². The number of amides is 1. The normalized spacial score (nSPS) is 17.8. The van der Waals surface area contributed by atoms with Gasteiger partial charge in [-0.1, -0.05) is 49.4 Å². The van der Waals surface area contributed by atoms with E-state index in [2.05, 4.69) is 16.9 Å². The lowest BCUT2D eigenvalue weighted by molar-refractivity contribution is -0.131. The number of carbonyl (C=O) groups excluding carboxylic acids is 2. The molecule has 0 saturated carbocycles. The summed E-state index contributed by atoms with van der Waals surface area (Å²) < 4.78 is 16.5. The molecule has 3 atom stereocenters. The number of benzene rings is 2. The number of fused-ring (bicyclic) bond motifs is 1. The molecule has 1 unspecified atom stereocenters. The molecule has 5 rings (SSSR count). The second-order valence-corrected chi connectivity index (χ2v) is 10.4. The Morgan fingerprint density at radius 3 is 2.67 bits per heavy atom. The molecule has 1 aliphatic heterocycles. The number of hydrogen-bond donors (Lipinski definition) is 0. The number of hydrogen-bond acceptors (Lipinski definition) is 6. The molecular formula is C31H31FN6O2. The van der Waals surface area contributed by atoms with Gasteiger partial charge < -0.3 is 9.80 Å². The van der Waals surface area contributed by atoms with Crippen molar-refractivity contribution in [1.29, 1.82) is 5.26 Å². The third-order valence-corrected chi connectivity index (χ3v) is 7.98. The van der Waals surface area contributed by atoms with E-state index in [1.54, 1.807) is 30.2 Å². The zero-order valence-electron chi connectivity index (χ0n) is 22.8. The van der Waals surface area contributed by atoms with Crippen molar-refractivity contribution in [2.24, 2.45) is 5.92 Å². The monoisotopic (exact) mass is 538 g/mol. The summed E-state index contributed by atoms with van der Waals surface area (Å²) in [4.78, 5) is 38.7. The molecular weight excluding hydrogens is 507 g/mol. The second kappa shape index (κ2) is 11.3. The molecule has 40 heavy (non-hydrogen) atoms. The van der Waals surface area contributed by atoms with Crippen LogP contribution < -0.4 is 4.90 Å². The third-order valence-electron chi connectivity index (χ3n) is 7.98. The zero-order valence-corrected chi connectivity index (χ0v) is 22.8. The van der Waals surface area contributed by atoms with Crippen molar-refractivity contribution < 1.29 is 14.0 Å².